The van der Waals surface area contributed by atoms with Gasteiger partial charge in [0, 0.05) is 18.2 Å². The Bertz CT molecular complexity index is 1450. The number of hydrogen-bond acceptors (Lipinski definition) is 6. The summed E-state index contributed by atoms with van der Waals surface area (Å²) in [5, 5.41) is 22.5. The first-order valence-electron chi connectivity index (χ1n) is 16.8. The molecule has 4 aliphatic rings. The largest absolute Gasteiger partial charge is 0.393 e. The van der Waals surface area contributed by atoms with E-state index in [9.17, 15) is 23.4 Å². The summed E-state index contributed by atoms with van der Waals surface area (Å²) < 4.78 is 28.5. The molecule has 1 amide bonds. The van der Waals surface area contributed by atoms with Gasteiger partial charge in [-0.3, -0.25) is 9.78 Å². The van der Waals surface area contributed by atoms with E-state index in [2.05, 4.69) is 37.4 Å². The van der Waals surface area contributed by atoms with Crippen molar-refractivity contribution in [3.8, 4) is 11.3 Å². The molecule has 3 N–H and O–H groups in total. The molecule has 1 aromatic heterocycles. The molecular formula is C36H50N2O5S. The summed E-state index contributed by atoms with van der Waals surface area (Å²) >= 11 is 0. The van der Waals surface area contributed by atoms with Gasteiger partial charge in [0.25, 0.3) is 10.0 Å². The zero-order valence-electron chi connectivity index (χ0n) is 26.7. The molecule has 1 aromatic carbocycles. The third-order valence-electron chi connectivity index (χ3n) is 13.0. The molecule has 44 heavy (non-hydrogen) atoms. The summed E-state index contributed by atoms with van der Waals surface area (Å²) in [7, 11) is -4.03. The summed E-state index contributed by atoms with van der Waals surface area (Å²) in [5.74, 6) is 1.50. The van der Waals surface area contributed by atoms with Crippen molar-refractivity contribution in [2.75, 3.05) is 0 Å². The highest BCUT2D eigenvalue weighted by Gasteiger charge is 2.64. The lowest BCUT2D eigenvalue weighted by atomic mass is 9.41. The van der Waals surface area contributed by atoms with Gasteiger partial charge in [-0.15, -0.1) is 0 Å². The molecule has 0 spiro atoms. The molecule has 2 aromatic rings. The van der Waals surface area contributed by atoms with Crippen molar-refractivity contribution in [2.45, 2.75) is 103 Å². The number of nitrogens with zero attached hydrogens (tertiary/aromatic N) is 1. The normalized spacial score (nSPS) is 39.0. The van der Waals surface area contributed by atoms with Gasteiger partial charge in [0.05, 0.1) is 17.9 Å². The van der Waals surface area contributed by atoms with Gasteiger partial charge >= 0.3 is 0 Å². The maximum Gasteiger partial charge on any atom is 0.265 e. The fourth-order valence-electron chi connectivity index (χ4n) is 10.9. The molecule has 4 aliphatic carbocycles. The van der Waals surface area contributed by atoms with Crippen LogP contribution in [0, 0.1) is 52.3 Å². The van der Waals surface area contributed by atoms with Gasteiger partial charge in [-0.1, -0.05) is 64.4 Å². The van der Waals surface area contributed by atoms with E-state index in [1.54, 1.807) is 6.07 Å². The standard InChI is InChI=1S/C36H50N2O5S/c1-5-26-30-20-24(39)15-17-36(30,4)29-16-18-35(3)27(12-13-28(35)33(29)34(26)41)22(2)19-32(40)38-44(42,43)25-11-14-31(37-21-25)23-9-7-6-8-10-23/h6-11,14,21-22,24,26-30,33-34,39,41H,5,12-13,15-20H2,1-4H3,(H,38,40)/t22-,24-,26-,27-,28?,29?,30+,33?,34-,35-,36-/m1/s1. The monoisotopic (exact) mass is 622 g/mol. The van der Waals surface area contributed by atoms with Crippen LogP contribution in [0.25, 0.3) is 11.3 Å². The highest BCUT2D eigenvalue weighted by atomic mass is 32.2. The highest BCUT2D eigenvalue weighted by Crippen LogP contribution is 2.69. The van der Waals surface area contributed by atoms with Gasteiger partial charge < -0.3 is 10.2 Å². The number of rotatable bonds is 7. The number of aromatic nitrogens is 1. The lowest BCUT2D eigenvalue weighted by Gasteiger charge is -2.64. The lowest BCUT2D eigenvalue weighted by molar-refractivity contribution is -0.203. The van der Waals surface area contributed by atoms with E-state index in [4.69, 9.17) is 0 Å². The lowest BCUT2D eigenvalue weighted by Crippen LogP contribution is -2.62. The van der Waals surface area contributed by atoms with Crippen LogP contribution in [0.4, 0.5) is 0 Å². The molecule has 0 bridgehead atoms. The van der Waals surface area contributed by atoms with Crippen LogP contribution in [0.5, 0.6) is 0 Å². The first kappa shape index (κ1) is 31.7. The van der Waals surface area contributed by atoms with Crippen molar-refractivity contribution in [2.24, 2.45) is 52.3 Å². The number of hydrogen-bond donors (Lipinski definition) is 3. The Hall–Kier alpha value is -2.29. The minimum absolute atomic E-state index is 0.00752. The Morgan fingerprint density at radius 3 is 2.36 bits per heavy atom. The van der Waals surface area contributed by atoms with Crippen LogP contribution in [-0.4, -0.2) is 41.7 Å². The molecule has 0 radical (unpaired) electrons. The second kappa shape index (κ2) is 11.8. The van der Waals surface area contributed by atoms with Crippen molar-refractivity contribution in [3.63, 3.8) is 0 Å². The second-order valence-corrected chi connectivity index (χ2v) is 16.8. The average Bonchev–Trinajstić information content (AvgIpc) is 3.36. The van der Waals surface area contributed by atoms with Crippen molar-refractivity contribution in [1.82, 2.24) is 9.71 Å². The minimum atomic E-state index is -4.03. The van der Waals surface area contributed by atoms with Crippen LogP contribution in [0.1, 0.15) is 85.5 Å². The number of pyridine rings is 1. The smallest absolute Gasteiger partial charge is 0.265 e. The van der Waals surface area contributed by atoms with Crippen LogP contribution in [0.3, 0.4) is 0 Å². The van der Waals surface area contributed by atoms with E-state index in [0.717, 1.165) is 56.9 Å². The van der Waals surface area contributed by atoms with Crippen LogP contribution in [-0.2, 0) is 14.8 Å². The SMILES string of the molecule is CC[C@H]1[C@@H](O)C2C3CC[C@H]([C@H](C)CC(=O)NS(=O)(=O)c4ccc(-c5ccccc5)nc4)[C@@]3(C)CCC2[C@@]2(C)CC[C@@H](O)C[C@@H]12. The summed E-state index contributed by atoms with van der Waals surface area (Å²) in [5.41, 5.74) is 1.72. The summed E-state index contributed by atoms with van der Waals surface area (Å²) in [6.45, 7) is 9.11. The quantitative estimate of drug-likeness (QED) is 0.338. The zero-order chi connectivity index (χ0) is 31.4. The number of fused-ring (bicyclic) bond motifs is 5. The number of nitrogens with one attached hydrogen (secondary N) is 1. The molecule has 8 heteroatoms. The summed E-state index contributed by atoms with van der Waals surface area (Å²) in [6, 6.07) is 12.7. The summed E-state index contributed by atoms with van der Waals surface area (Å²) in [6.07, 6.45) is 8.66. The van der Waals surface area contributed by atoms with E-state index in [-0.39, 0.29) is 52.1 Å². The number of aliphatic hydroxyl groups is 2. The van der Waals surface area contributed by atoms with Crippen molar-refractivity contribution < 1.29 is 23.4 Å². The fourth-order valence-corrected chi connectivity index (χ4v) is 11.9. The van der Waals surface area contributed by atoms with Gasteiger partial charge in [-0.05, 0) is 109 Å². The Balaban J connectivity index is 1.14. The molecule has 11 atom stereocenters. The first-order chi connectivity index (χ1) is 20.9. The molecule has 4 saturated carbocycles. The van der Waals surface area contributed by atoms with E-state index in [0.29, 0.717) is 29.4 Å². The predicted molar refractivity (Wildman–Crippen MR) is 171 cm³/mol. The van der Waals surface area contributed by atoms with Gasteiger partial charge in [0.1, 0.15) is 4.90 Å². The number of benzene rings is 1. The van der Waals surface area contributed by atoms with Crippen LogP contribution in [0.2, 0.25) is 0 Å². The third-order valence-corrected chi connectivity index (χ3v) is 14.4. The molecule has 1 heterocycles. The minimum Gasteiger partial charge on any atom is -0.393 e. The highest BCUT2D eigenvalue weighted by molar-refractivity contribution is 7.90. The number of sulfonamides is 1. The van der Waals surface area contributed by atoms with E-state index in [1.165, 1.54) is 12.3 Å². The maximum absolute atomic E-state index is 13.2. The molecule has 0 aliphatic heterocycles. The third kappa shape index (κ3) is 5.32. The van der Waals surface area contributed by atoms with E-state index >= 15 is 0 Å². The molecule has 3 unspecified atom stereocenters. The van der Waals surface area contributed by atoms with Gasteiger partial charge in [0.15, 0.2) is 0 Å². The van der Waals surface area contributed by atoms with Crippen LogP contribution in [0.15, 0.2) is 53.6 Å². The Kier molecular flexibility index (Phi) is 8.51. The average molecular weight is 623 g/mol. The molecular weight excluding hydrogens is 572 g/mol. The van der Waals surface area contributed by atoms with Crippen molar-refractivity contribution >= 4 is 15.9 Å². The molecule has 4 fully saturated rings. The van der Waals surface area contributed by atoms with Crippen molar-refractivity contribution in [3.05, 3.63) is 48.7 Å². The topological polar surface area (TPSA) is 117 Å². The van der Waals surface area contributed by atoms with Crippen LogP contribution >= 0.6 is 0 Å². The number of amides is 1. The predicted octanol–water partition coefficient (Wildman–Crippen LogP) is 6.21. The molecule has 0 saturated heterocycles. The Morgan fingerprint density at radius 1 is 0.977 bits per heavy atom. The maximum atomic E-state index is 13.2. The first-order valence-corrected chi connectivity index (χ1v) is 18.3. The molecule has 240 valence electrons. The van der Waals surface area contributed by atoms with Gasteiger partial charge in [-0.2, -0.15) is 0 Å². The Labute approximate surface area is 263 Å². The van der Waals surface area contributed by atoms with Gasteiger partial charge in [-0.25, -0.2) is 13.1 Å². The van der Waals surface area contributed by atoms with E-state index < -0.39 is 15.9 Å². The number of aliphatic hydroxyl groups excluding tert-OH is 2. The second-order valence-electron chi connectivity index (χ2n) is 15.1. The number of carbonyl (C=O) groups excluding carboxylic acids is 1. The Morgan fingerprint density at radius 2 is 1.68 bits per heavy atom. The van der Waals surface area contributed by atoms with E-state index in [1.807, 2.05) is 30.3 Å². The number of carbonyl (C=O) groups is 1. The molecule has 6 rings (SSSR count). The molecule has 7 nitrogen and oxygen atoms in total. The summed E-state index contributed by atoms with van der Waals surface area (Å²) in [4.78, 5) is 17.5. The van der Waals surface area contributed by atoms with Crippen LogP contribution < -0.4 is 4.72 Å². The fraction of sp³-hybridized carbons (Fsp3) is 0.667. The zero-order valence-corrected chi connectivity index (χ0v) is 27.5. The van der Waals surface area contributed by atoms with Crippen molar-refractivity contribution in [1.29, 1.82) is 0 Å². The van der Waals surface area contributed by atoms with Gasteiger partial charge in [0.2, 0.25) is 5.91 Å².